The topological polar surface area (TPSA) is 126 Å². The van der Waals surface area contributed by atoms with Gasteiger partial charge in [-0.15, -0.1) is 0 Å². The molecular formula is C37H66O8. The Bertz CT molecular complexity index is 833. The number of hydrogen-bond acceptors (Lipinski definition) is 8. The van der Waals surface area contributed by atoms with E-state index < -0.39 is 24.4 Å². The van der Waals surface area contributed by atoms with E-state index in [0.717, 1.165) is 70.6 Å². The normalized spacial score (nSPS) is 27.8. The summed E-state index contributed by atoms with van der Waals surface area (Å²) in [6.45, 7) is 4.07. The molecule has 3 aliphatic rings. The van der Waals surface area contributed by atoms with Crippen molar-refractivity contribution in [2.45, 2.75) is 216 Å². The minimum atomic E-state index is -0.638. The molecule has 9 atom stereocenters. The largest absolute Gasteiger partial charge is 0.455 e. The first kappa shape index (κ1) is 38.4. The number of rotatable bonds is 25. The van der Waals surface area contributed by atoms with Gasteiger partial charge in [-0.25, -0.2) is 4.79 Å². The van der Waals surface area contributed by atoms with Crippen molar-refractivity contribution in [3.8, 4) is 0 Å². The average molecular weight is 639 g/mol. The van der Waals surface area contributed by atoms with Crippen LogP contribution in [-0.2, 0) is 19.0 Å². The van der Waals surface area contributed by atoms with Crippen LogP contribution < -0.4 is 0 Å². The first-order valence-electron chi connectivity index (χ1n) is 18.7. The highest BCUT2D eigenvalue weighted by Crippen LogP contribution is 2.31. The average Bonchev–Trinajstić information content (AvgIpc) is 3.77. The molecule has 8 heteroatoms. The van der Waals surface area contributed by atoms with Crippen molar-refractivity contribution < 1.29 is 39.4 Å². The van der Waals surface area contributed by atoms with E-state index in [2.05, 4.69) is 6.92 Å². The number of carbonyl (C=O) groups is 1. The van der Waals surface area contributed by atoms with Crippen molar-refractivity contribution in [1.82, 2.24) is 0 Å². The Balaban J connectivity index is 1.17. The van der Waals surface area contributed by atoms with Crippen molar-refractivity contribution in [2.75, 3.05) is 0 Å². The fourth-order valence-electron chi connectivity index (χ4n) is 7.29. The quantitative estimate of drug-likeness (QED) is 0.0634. The van der Waals surface area contributed by atoms with Gasteiger partial charge < -0.3 is 34.6 Å². The second-order valence-corrected chi connectivity index (χ2v) is 14.2. The molecule has 0 aliphatic carbocycles. The first-order valence-corrected chi connectivity index (χ1v) is 18.7. The van der Waals surface area contributed by atoms with E-state index in [1.54, 1.807) is 6.08 Å². The van der Waals surface area contributed by atoms with Gasteiger partial charge in [0, 0.05) is 12.0 Å². The van der Waals surface area contributed by atoms with Gasteiger partial charge >= 0.3 is 5.97 Å². The fourth-order valence-corrected chi connectivity index (χ4v) is 7.29. The van der Waals surface area contributed by atoms with Gasteiger partial charge in [-0.05, 0) is 70.8 Å². The zero-order valence-electron chi connectivity index (χ0n) is 28.5. The fraction of sp³-hybridized carbons (Fsp3) is 0.919. The lowest BCUT2D eigenvalue weighted by molar-refractivity contribution is -0.139. The molecule has 2 unspecified atom stereocenters. The molecule has 0 amide bonds. The Labute approximate surface area is 273 Å². The molecule has 0 bridgehead atoms. The van der Waals surface area contributed by atoms with Crippen LogP contribution in [-0.4, -0.2) is 81.3 Å². The van der Waals surface area contributed by atoms with Crippen molar-refractivity contribution in [3.63, 3.8) is 0 Å². The second kappa shape index (κ2) is 21.8. The third kappa shape index (κ3) is 14.7. The predicted octanol–water partition coefficient (Wildman–Crippen LogP) is 6.83. The summed E-state index contributed by atoms with van der Waals surface area (Å²) in [5.74, 6) is -0.309. The zero-order valence-corrected chi connectivity index (χ0v) is 28.5. The van der Waals surface area contributed by atoms with Crippen LogP contribution >= 0.6 is 0 Å². The Morgan fingerprint density at radius 3 is 1.78 bits per heavy atom. The molecule has 45 heavy (non-hydrogen) atoms. The molecule has 0 aromatic heterocycles. The smallest absolute Gasteiger partial charge is 0.334 e. The molecule has 3 aliphatic heterocycles. The summed E-state index contributed by atoms with van der Waals surface area (Å²) in [6.07, 6.45) is 21.5. The van der Waals surface area contributed by atoms with E-state index in [1.165, 1.54) is 51.4 Å². The van der Waals surface area contributed by atoms with Crippen molar-refractivity contribution in [2.24, 2.45) is 0 Å². The lowest BCUT2D eigenvalue weighted by Gasteiger charge is -2.24. The van der Waals surface area contributed by atoms with E-state index in [0.29, 0.717) is 31.3 Å². The summed E-state index contributed by atoms with van der Waals surface area (Å²) in [7, 11) is 0. The number of carbonyl (C=O) groups excluding carboxylic acids is 1. The molecule has 0 spiro atoms. The number of esters is 1. The highest BCUT2D eigenvalue weighted by atomic mass is 16.5. The maximum Gasteiger partial charge on any atom is 0.334 e. The highest BCUT2D eigenvalue weighted by molar-refractivity contribution is 5.90. The van der Waals surface area contributed by atoms with E-state index in [4.69, 9.17) is 14.2 Å². The number of aliphatic hydroxyl groups excluding tert-OH is 4. The summed E-state index contributed by atoms with van der Waals surface area (Å²) in [5, 5.41) is 42.4. The summed E-state index contributed by atoms with van der Waals surface area (Å²) in [5.41, 5.74) is 0.583. The minimum absolute atomic E-state index is 0.148. The van der Waals surface area contributed by atoms with Gasteiger partial charge in [0.2, 0.25) is 0 Å². The number of aliphatic hydroxyl groups is 4. The van der Waals surface area contributed by atoms with Crippen LogP contribution in [0.5, 0.6) is 0 Å². The van der Waals surface area contributed by atoms with E-state index in [1.807, 2.05) is 6.92 Å². The van der Waals surface area contributed by atoms with Crippen molar-refractivity contribution in [1.29, 1.82) is 0 Å². The molecule has 8 nitrogen and oxygen atoms in total. The Hall–Kier alpha value is -1.03. The van der Waals surface area contributed by atoms with Gasteiger partial charge in [0.15, 0.2) is 0 Å². The molecule has 3 rings (SSSR count). The molecule has 0 aromatic rings. The van der Waals surface area contributed by atoms with Gasteiger partial charge in [-0.2, -0.15) is 0 Å². The second-order valence-electron chi connectivity index (χ2n) is 14.2. The van der Waals surface area contributed by atoms with E-state index >= 15 is 0 Å². The lowest BCUT2D eigenvalue weighted by atomic mass is 9.98. The molecule has 4 N–H and O–H groups in total. The minimum Gasteiger partial charge on any atom is -0.455 e. The monoisotopic (exact) mass is 638 g/mol. The third-order valence-electron chi connectivity index (χ3n) is 10.1. The van der Waals surface area contributed by atoms with Crippen molar-refractivity contribution in [3.05, 3.63) is 11.6 Å². The van der Waals surface area contributed by atoms with Gasteiger partial charge in [-0.3, -0.25) is 0 Å². The molecule has 0 saturated carbocycles. The zero-order chi connectivity index (χ0) is 32.4. The van der Waals surface area contributed by atoms with Crippen LogP contribution in [0, 0.1) is 0 Å². The summed E-state index contributed by atoms with van der Waals surface area (Å²) >= 11 is 0. The summed E-state index contributed by atoms with van der Waals surface area (Å²) in [4.78, 5) is 11.7. The van der Waals surface area contributed by atoms with Crippen LogP contribution in [0.4, 0.5) is 0 Å². The maximum absolute atomic E-state index is 11.7. The summed E-state index contributed by atoms with van der Waals surface area (Å²) in [6, 6.07) is 0. The van der Waals surface area contributed by atoms with E-state index in [-0.39, 0.29) is 36.5 Å². The molecule has 2 fully saturated rings. The van der Waals surface area contributed by atoms with Gasteiger partial charge in [0.25, 0.3) is 0 Å². The number of hydrogen-bond donors (Lipinski definition) is 4. The lowest BCUT2D eigenvalue weighted by Crippen LogP contribution is -2.33. The standard InChI is InChI=1S/C37H66O8/c1-3-4-5-6-7-8-9-10-11-15-18-31(39)35-23-24-36(45-35)33(41)21-20-32(40)34-22-19-30(44-34)17-14-12-13-16-29(38)26-28-25-27(2)43-37(28)42/h25,27,29-36,38-41H,3-24,26H2,1-2H3/t27?,29?,30-,31+,32+,33+,34+,35+,36+/m1/s1. The van der Waals surface area contributed by atoms with Crippen LogP contribution in [0.1, 0.15) is 162 Å². The molecule has 0 aromatic carbocycles. The maximum atomic E-state index is 11.7. The number of unbranched alkanes of at least 4 members (excludes halogenated alkanes) is 11. The summed E-state index contributed by atoms with van der Waals surface area (Å²) < 4.78 is 17.3. The van der Waals surface area contributed by atoms with Gasteiger partial charge in [-0.1, -0.05) is 90.4 Å². The predicted molar refractivity (Wildman–Crippen MR) is 177 cm³/mol. The first-order chi connectivity index (χ1) is 21.8. The Kier molecular flexibility index (Phi) is 18.6. The van der Waals surface area contributed by atoms with Crippen LogP contribution in [0.3, 0.4) is 0 Å². The van der Waals surface area contributed by atoms with Gasteiger partial charge in [0.05, 0.1) is 48.8 Å². The molecular weight excluding hydrogens is 572 g/mol. The van der Waals surface area contributed by atoms with E-state index in [9.17, 15) is 25.2 Å². The van der Waals surface area contributed by atoms with Crippen LogP contribution in [0.2, 0.25) is 0 Å². The Morgan fingerprint density at radius 2 is 1.18 bits per heavy atom. The van der Waals surface area contributed by atoms with Crippen molar-refractivity contribution >= 4 is 5.97 Å². The number of ether oxygens (including phenoxy) is 3. The van der Waals surface area contributed by atoms with Crippen LogP contribution in [0.25, 0.3) is 0 Å². The highest BCUT2D eigenvalue weighted by Gasteiger charge is 2.36. The van der Waals surface area contributed by atoms with Crippen LogP contribution in [0.15, 0.2) is 11.6 Å². The molecule has 0 radical (unpaired) electrons. The number of cyclic esters (lactones) is 1. The molecule has 2 saturated heterocycles. The third-order valence-corrected chi connectivity index (χ3v) is 10.1. The molecule has 262 valence electrons. The Morgan fingerprint density at radius 1 is 0.667 bits per heavy atom. The van der Waals surface area contributed by atoms with Gasteiger partial charge in [0.1, 0.15) is 6.10 Å². The SMILES string of the molecule is CCCCCCCCCCCC[C@H](O)[C@@H]1CC[C@@H]([C@@H](O)CC[C@H](O)[C@@H]2CC[C@@H](CCCCCC(O)CC3=CC(C)OC3=O)O2)O1. The molecule has 3 heterocycles.